The molecule has 9 heteroatoms. The zero-order valence-corrected chi connectivity index (χ0v) is 18.9. The van der Waals surface area contributed by atoms with Crippen LogP contribution in [-0.2, 0) is 14.8 Å². The van der Waals surface area contributed by atoms with Gasteiger partial charge >= 0.3 is 0 Å². The van der Waals surface area contributed by atoms with Gasteiger partial charge in [0.15, 0.2) is 0 Å². The number of amides is 1. The van der Waals surface area contributed by atoms with E-state index in [2.05, 4.69) is 26.1 Å². The van der Waals surface area contributed by atoms with Crippen LogP contribution >= 0.6 is 27.3 Å². The minimum absolute atomic E-state index is 0.0793. The van der Waals surface area contributed by atoms with E-state index in [0.29, 0.717) is 23.8 Å². The van der Waals surface area contributed by atoms with Gasteiger partial charge in [-0.1, -0.05) is 6.92 Å². The molecule has 1 atom stereocenters. The molecule has 1 amide bonds. The number of thiophene rings is 1. The predicted octanol–water partition coefficient (Wildman–Crippen LogP) is 2.76. The van der Waals surface area contributed by atoms with Crippen molar-refractivity contribution in [3.8, 4) is 0 Å². The number of hydrogen-bond acceptors (Lipinski definition) is 5. The molecule has 0 radical (unpaired) electrons. The molecule has 27 heavy (non-hydrogen) atoms. The Kier molecular flexibility index (Phi) is 7.35. The van der Waals surface area contributed by atoms with Gasteiger partial charge in [0.05, 0.1) is 3.79 Å². The zero-order chi connectivity index (χ0) is 19.4. The number of carbonyl (C=O) groups excluding carboxylic acids is 1. The molecule has 1 unspecified atom stereocenters. The van der Waals surface area contributed by atoms with Gasteiger partial charge in [0.1, 0.15) is 4.21 Å². The quantitative estimate of drug-likeness (QED) is 0.655. The highest BCUT2D eigenvalue weighted by Gasteiger charge is 2.34. The van der Waals surface area contributed by atoms with Gasteiger partial charge in [-0.25, -0.2) is 8.42 Å². The molecule has 0 aromatic carbocycles. The van der Waals surface area contributed by atoms with Gasteiger partial charge < -0.3 is 10.2 Å². The van der Waals surface area contributed by atoms with Crippen LogP contribution in [0.3, 0.4) is 0 Å². The number of hydrogen-bond donors (Lipinski definition) is 1. The van der Waals surface area contributed by atoms with Crippen molar-refractivity contribution in [2.75, 3.05) is 39.3 Å². The molecule has 2 fully saturated rings. The van der Waals surface area contributed by atoms with Crippen molar-refractivity contribution in [3.05, 3.63) is 15.9 Å². The summed E-state index contributed by atoms with van der Waals surface area (Å²) in [4.78, 5) is 14.8. The summed E-state index contributed by atoms with van der Waals surface area (Å²) in [5.41, 5.74) is 0. The van der Waals surface area contributed by atoms with Gasteiger partial charge in [-0.05, 0) is 72.8 Å². The summed E-state index contributed by atoms with van der Waals surface area (Å²) < 4.78 is 28.2. The molecule has 2 saturated heterocycles. The second-order valence-electron chi connectivity index (χ2n) is 7.43. The second-order valence-corrected chi connectivity index (χ2v) is 12.1. The Morgan fingerprint density at radius 2 is 1.93 bits per heavy atom. The number of piperidine rings is 1. The van der Waals surface area contributed by atoms with Crippen LogP contribution in [0.5, 0.6) is 0 Å². The highest BCUT2D eigenvalue weighted by Crippen LogP contribution is 2.32. The molecule has 3 rings (SSSR count). The standard InChI is InChI=1S/C18H28BrN3O3S2/c1-14(18(23)20-8-13-21-9-2-3-10-21)15-6-11-22(12-7-15)27(24,25)17-5-4-16(19)26-17/h4-5,14-15H,2-3,6-13H2,1H3,(H,20,23). The third-order valence-electron chi connectivity index (χ3n) is 5.69. The van der Waals surface area contributed by atoms with Gasteiger partial charge in [-0.15, -0.1) is 11.3 Å². The summed E-state index contributed by atoms with van der Waals surface area (Å²) in [6.45, 7) is 6.83. The van der Waals surface area contributed by atoms with Crippen LogP contribution in [0, 0.1) is 11.8 Å². The fourth-order valence-corrected chi connectivity index (χ4v) is 7.53. The highest BCUT2D eigenvalue weighted by atomic mass is 79.9. The topological polar surface area (TPSA) is 69.7 Å². The van der Waals surface area contributed by atoms with Crippen LogP contribution in [0.4, 0.5) is 0 Å². The van der Waals surface area contributed by atoms with E-state index in [1.165, 1.54) is 24.2 Å². The van der Waals surface area contributed by atoms with Crippen LogP contribution in [0.15, 0.2) is 20.1 Å². The van der Waals surface area contributed by atoms with Crippen molar-refractivity contribution in [1.29, 1.82) is 0 Å². The number of nitrogens with zero attached hydrogens (tertiary/aromatic N) is 2. The summed E-state index contributed by atoms with van der Waals surface area (Å²) in [5, 5.41) is 3.06. The van der Waals surface area contributed by atoms with E-state index in [1.54, 1.807) is 16.4 Å². The molecule has 2 aliphatic heterocycles. The Labute approximate surface area is 174 Å². The number of rotatable bonds is 7. The first kappa shape index (κ1) is 21.2. The molecule has 1 N–H and O–H groups in total. The third-order valence-corrected chi connectivity index (χ3v) is 9.68. The molecule has 1 aromatic heterocycles. The average Bonchev–Trinajstić information content (AvgIpc) is 3.33. The van der Waals surface area contributed by atoms with Crippen molar-refractivity contribution in [3.63, 3.8) is 0 Å². The minimum atomic E-state index is -3.42. The lowest BCUT2D eigenvalue weighted by Crippen LogP contribution is -2.43. The molecule has 6 nitrogen and oxygen atoms in total. The number of halogens is 1. The van der Waals surface area contributed by atoms with E-state index in [0.717, 1.165) is 36.3 Å². The van der Waals surface area contributed by atoms with Gasteiger partial charge in [0, 0.05) is 32.1 Å². The number of sulfonamides is 1. The van der Waals surface area contributed by atoms with Gasteiger partial charge in [-0.2, -0.15) is 4.31 Å². The lowest BCUT2D eigenvalue weighted by atomic mass is 9.85. The maximum absolute atomic E-state index is 12.7. The Morgan fingerprint density at radius 1 is 1.26 bits per heavy atom. The molecule has 0 saturated carbocycles. The molecule has 152 valence electrons. The van der Waals surface area contributed by atoms with Crippen LogP contribution in [0.25, 0.3) is 0 Å². The summed E-state index contributed by atoms with van der Waals surface area (Å²) in [6.07, 6.45) is 3.97. The first-order valence-electron chi connectivity index (χ1n) is 9.63. The maximum Gasteiger partial charge on any atom is 0.252 e. The van der Waals surface area contributed by atoms with Crippen molar-refractivity contribution < 1.29 is 13.2 Å². The summed E-state index contributed by atoms with van der Waals surface area (Å²) >= 11 is 4.56. The molecule has 2 aliphatic rings. The number of likely N-dealkylation sites (tertiary alicyclic amines) is 1. The van der Waals surface area contributed by atoms with Gasteiger partial charge in [0.25, 0.3) is 10.0 Å². The van der Waals surface area contributed by atoms with Crippen molar-refractivity contribution in [1.82, 2.24) is 14.5 Å². The van der Waals surface area contributed by atoms with Crippen LogP contribution in [0.1, 0.15) is 32.6 Å². The average molecular weight is 478 g/mol. The van der Waals surface area contributed by atoms with Crippen molar-refractivity contribution in [2.24, 2.45) is 11.8 Å². The van der Waals surface area contributed by atoms with E-state index in [-0.39, 0.29) is 17.7 Å². The zero-order valence-electron chi connectivity index (χ0n) is 15.7. The molecule has 1 aromatic rings. The fraction of sp³-hybridized carbons (Fsp3) is 0.722. The number of nitrogens with one attached hydrogen (secondary N) is 1. The first-order chi connectivity index (χ1) is 12.9. The largest absolute Gasteiger partial charge is 0.355 e. The van der Waals surface area contributed by atoms with E-state index in [1.807, 2.05) is 6.92 Å². The third kappa shape index (κ3) is 5.32. The summed E-state index contributed by atoms with van der Waals surface area (Å²) in [7, 11) is -3.42. The molecule has 0 bridgehead atoms. The van der Waals surface area contributed by atoms with E-state index >= 15 is 0 Å². The van der Waals surface area contributed by atoms with Crippen LogP contribution in [0.2, 0.25) is 0 Å². The summed E-state index contributed by atoms with van der Waals surface area (Å²) in [6, 6.07) is 3.41. The minimum Gasteiger partial charge on any atom is -0.355 e. The van der Waals surface area contributed by atoms with Crippen LogP contribution < -0.4 is 5.32 Å². The SMILES string of the molecule is CC(C(=O)NCCN1CCCC1)C1CCN(S(=O)(=O)c2ccc(Br)s2)CC1. The first-order valence-corrected chi connectivity index (χ1v) is 12.7. The highest BCUT2D eigenvalue weighted by molar-refractivity contribution is 9.11. The Hall–Kier alpha value is -0.480. The second kappa shape index (κ2) is 9.35. The molecule has 3 heterocycles. The molecular weight excluding hydrogens is 450 g/mol. The monoisotopic (exact) mass is 477 g/mol. The fourth-order valence-electron chi connectivity index (χ4n) is 3.90. The van der Waals surface area contributed by atoms with Gasteiger partial charge in [0.2, 0.25) is 5.91 Å². The Morgan fingerprint density at radius 3 is 2.52 bits per heavy atom. The Bertz CT molecular complexity index is 739. The smallest absolute Gasteiger partial charge is 0.252 e. The lowest BCUT2D eigenvalue weighted by Gasteiger charge is -2.33. The maximum atomic E-state index is 12.7. The van der Waals surface area contributed by atoms with E-state index < -0.39 is 10.0 Å². The number of carbonyl (C=O) groups is 1. The van der Waals surface area contributed by atoms with Crippen molar-refractivity contribution >= 4 is 43.2 Å². The normalized spacial score (nSPS) is 21.4. The lowest BCUT2D eigenvalue weighted by molar-refractivity contribution is -0.126. The predicted molar refractivity (Wildman–Crippen MR) is 111 cm³/mol. The van der Waals surface area contributed by atoms with E-state index in [4.69, 9.17) is 0 Å². The van der Waals surface area contributed by atoms with Crippen molar-refractivity contribution in [2.45, 2.75) is 36.8 Å². The molecular formula is C18H28BrN3O3S2. The molecule has 0 spiro atoms. The molecule has 0 aliphatic carbocycles. The summed E-state index contributed by atoms with van der Waals surface area (Å²) in [5.74, 6) is 0.250. The van der Waals surface area contributed by atoms with E-state index in [9.17, 15) is 13.2 Å². The Balaban J connectivity index is 1.45. The van der Waals surface area contributed by atoms with Crippen LogP contribution in [-0.4, -0.2) is 62.8 Å². The van der Waals surface area contributed by atoms with Gasteiger partial charge in [-0.3, -0.25) is 4.79 Å².